The van der Waals surface area contributed by atoms with Gasteiger partial charge >= 0.3 is 0 Å². The Morgan fingerprint density at radius 2 is 1.93 bits per heavy atom. The van der Waals surface area contributed by atoms with Crippen molar-refractivity contribution in [2.75, 3.05) is 29.2 Å². The second kappa shape index (κ2) is 8.24. The van der Waals surface area contributed by atoms with E-state index < -0.39 is 29.3 Å². The summed E-state index contributed by atoms with van der Waals surface area (Å²) < 4.78 is 32.8. The van der Waals surface area contributed by atoms with Crippen molar-refractivity contribution < 1.29 is 23.1 Å². The third-order valence-corrected chi connectivity index (χ3v) is 4.53. The highest BCUT2D eigenvalue weighted by atomic mass is 19.1. The number of hydrogen-bond acceptors (Lipinski definition) is 4. The summed E-state index contributed by atoms with van der Waals surface area (Å²) in [6, 6.07) is 7.72. The topological polar surface area (TPSA) is 70.7 Å². The van der Waals surface area contributed by atoms with Crippen LogP contribution in [0.25, 0.3) is 0 Å². The number of amides is 2. The molecule has 1 saturated heterocycles. The molecule has 1 fully saturated rings. The first kappa shape index (κ1) is 19.6. The van der Waals surface area contributed by atoms with Crippen molar-refractivity contribution in [1.82, 2.24) is 0 Å². The number of rotatable bonds is 6. The minimum Gasteiger partial charge on any atom is -0.494 e. The summed E-state index contributed by atoms with van der Waals surface area (Å²) in [6.07, 6.45) is 1.30. The molecule has 0 unspecified atom stereocenters. The van der Waals surface area contributed by atoms with E-state index in [1.807, 2.05) is 0 Å². The molecule has 28 heavy (non-hydrogen) atoms. The van der Waals surface area contributed by atoms with Crippen molar-refractivity contribution in [3.05, 3.63) is 48.0 Å². The molecule has 8 heteroatoms. The fourth-order valence-corrected chi connectivity index (χ4v) is 3.06. The number of carbonyl (C=O) groups is 2. The van der Waals surface area contributed by atoms with Gasteiger partial charge in [-0.3, -0.25) is 9.59 Å². The predicted octanol–water partition coefficient (Wildman–Crippen LogP) is 3.54. The van der Waals surface area contributed by atoms with Crippen LogP contribution in [-0.4, -0.2) is 31.5 Å². The van der Waals surface area contributed by atoms with Crippen molar-refractivity contribution in [2.45, 2.75) is 25.8 Å². The maximum Gasteiger partial charge on any atom is 0.246 e. The average molecular weight is 389 g/mol. The predicted molar refractivity (Wildman–Crippen MR) is 103 cm³/mol. The Labute approximate surface area is 161 Å². The summed E-state index contributed by atoms with van der Waals surface area (Å²) >= 11 is 0. The summed E-state index contributed by atoms with van der Waals surface area (Å²) in [5, 5.41) is 5.22. The van der Waals surface area contributed by atoms with Crippen molar-refractivity contribution in [2.24, 2.45) is 0 Å². The van der Waals surface area contributed by atoms with Gasteiger partial charge in [-0.05, 0) is 37.6 Å². The zero-order valence-electron chi connectivity index (χ0n) is 15.6. The lowest BCUT2D eigenvalue weighted by atomic mass is 10.2. The average Bonchev–Trinajstić information content (AvgIpc) is 3.10. The number of ether oxygens (including phenoxy) is 1. The summed E-state index contributed by atoms with van der Waals surface area (Å²) in [5.74, 6) is -1.75. The SMILES string of the molecule is COc1cc(N[C@H](C)C(=O)Nc2c(F)cccc2F)ccc1N1CCCC1=O. The Morgan fingerprint density at radius 1 is 1.21 bits per heavy atom. The smallest absolute Gasteiger partial charge is 0.246 e. The van der Waals surface area contributed by atoms with E-state index in [0.29, 0.717) is 30.1 Å². The molecule has 0 saturated carbocycles. The molecule has 148 valence electrons. The number of carbonyl (C=O) groups excluding carboxylic acids is 2. The van der Waals surface area contributed by atoms with Gasteiger partial charge in [0.2, 0.25) is 11.8 Å². The number of para-hydroxylation sites is 1. The fraction of sp³-hybridized carbons (Fsp3) is 0.300. The number of hydrogen-bond donors (Lipinski definition) is 2. The zero-order valence-corrected chi connectivity index (χ0v) is 15.6. The third kappa shape index (κ3) is 4.05. The maximum atomic E-state index is 13.7. The van der Waals surface area contributed by atoms with Crippen LogP contribution in [0, 0.1) is 11.6 Å². The normalized spacial score (nSPS) is 14.7. The number of nitrogens with one attached hydrogen (secondary N) is 2. The summed E-state index contributed by atoms with van der Waals surface area (Å²) in [7, 11) is 1.50. The molecule has 3 rings (SSSR count). The van der Waals surface area contributed by atoms with Gasteiger partial charge in [-0.2, -0.15) is 0 Å². The summed E-state index contributed by atoms with van der Waals surface area (Å²) in [4.78, 5) is 25.9. The molecule has 1 heterocycles. The molecule has 6 nitrogen and oxygen atoms in total. The monoisotopic (exact) mass is 389 g/mol. The summed E-state index contributed by atoms with van der Waals surface area (Å²) in [5.41, 5.74) is 0.756. The molecule has 0 radical (unpaired) electrons. The van der Waals surface area contributed by atoms with Gasteiger partial charge in [-0.15, -0.1) is 0 Å². The van der Waals surface area contributed by atoms with Gasteiger partial charge in [0.15, 0.2) is 0 Å². The quantitative estimate of drug-likeness (QED) is 0.793. The van der Waals surface area contributed by atoms with Crippen LogP contribution >= 0.6 is 0 Å². The second-order valence-electron chi connectivity index (χ2n) is 6.49. The Bertz CT molecular complexity index is 884. The summed E-state index contributed by atoms with van der Waals surface area (Å²) in [6.45, 7) is 2.20. The molecule has 1 aliphatic heterocycles. The Balaban J connectivity index is 1.72. The lowest BCUT2D eigenvalue weighted by Gasteiger charge is -2.21. The molecule has 2 N–H and O–H groups in total. The minimum atomic E-state index is -0.846. The number of halogens is 2. The van der Waals surface area contributed by atoms with E-state index in [4.69, 9.17) is 4.74 Å². The first-order chi connectivity index (χ1) is 13.4. The third-order valence-electron chi connectivity index (χ3n) is 4.53. The number of benzene rings is 2. The molecule has 0 spiro atoms. The van der Waals surface area contributed by atoms with E-state index in [1.165, 1.54) is 13.2 Å². The van der Waals surface area contributed by atoms with Crippen molar-refractivity contribution in [3.63, 3.8) is 0 Å². The van der Waals surface area contributed by atoms with Crippen LogP contribution in [0.2, 0.25) is 0 Å². The van der Waals surface area contributed by atoms with Crippen LogP contribution in [0.3, 0.4) is 0 Å². The highest BCUT2D eigenvalue weighted by Crippen LogP contribution is 2.34. The molecule has 2 amide bonds. The molecule has 0 aromatic heterocycles. The fourth-order valence-electron chi connectivity index (χ4n) is 3.06. The number of methoxy groups -OCH3 is 1. The van der Waals surface area contributed by atoms with Gasteiger partial charge in [-0.25, -0.2) is 8.78 Å². The first-order valence-corrected chi connectivity index (χ1v) is 8.90. The van der Waals surface area contributed by atoms with Gasteiger partial charge in [0.1, 0.15) is 29.1 Å². The minimum absolute atomic E-state index is 0.0404. The van der Waals surface area contributed by atoms with E-state index in [9.17, 15) is 18.4 Å². The van der Waals surface area contributed by atoms with Gasteiger partial charge in [0, 0.05) is 24.7 Å². The first-order valence-electron chi connectivity index (χ1n) is 8.90. The lowest BCUT2D eigenvalue weighted by Crippen LogP contribution is -2.32. The number of anilines is 3. The molecule has 0 aliphatic carbocycles. The Morgan fingerprint density at radius 3 is 2.54 bits per heavy atom. The Kier molecular flexibility index (Phi) is 5.77. The largest absolute Gasteiger partial charge is 0.494 e. The molecule has 2 aromatic rings. The molecular formula is C20H21F2N3O3. The maximum absolute atomic E-state index is 13.7. The van der Waals surface area contributed by atoms with E-state index in [0.717, 1.165) is 18.6 Å². The molecule has 1 aliphatic rings. The van der Waals surface area contributed by atoms with Crippen molar-refractivity contribution in [1.29, 1.82) is 0 Å². The molecule has 2 aromatic carbocycles. The van der Waals surface area contributed by atoms with Crippen LogP contribution in [0.15, 0.2) is 36.4 Å². The van der Waals surface area contributed by atoms with Gasteiger partial charge in [0.05, 0.1) is 12.8 Å². The number of nitrogens with zero attached hydrogens (tertiary/aromatic N) is 1. The van der Waals surface area contributed by atoms with Gasteiger partial charge in [0.25, 0.3) is 0 Å². The zero-order chi connectivity index (χ0) is 20.3. The van der Waals surface area contributed by atoms with Crippen molar-refractivity contribution in [3.8, 4) is 5.75 Å². The Hall–Kier alpha value is -3.16. The molecule has 1 atom stereocenters. The molecule has 0 bridgehead atoms. The van der Waals surface area contributed by atoms with Crippen LogP contribution in [0.5, 0.6) is 5.75 Å². The molecular weight excluding hydrogens is 368 g/mol. The van der Waals surface area contributed by atoms with Gasteiger partial charge < -0.3 is 20.3 Å². The van der Waals surface area contributed by atoms with Crippen LogP contribution < -0.4 is 20.3 Å². The van der Waals surface area contributed by atoms with Crippen molar-refractivity contribution >= 4 is 28.9 Å². The van der Waals surface area contributed by atoms with Crippen LogP contribution in [0.4, 0.5) is 25.8 Å². The standard InChI is InChI=1S/C20H21F2N3O3/c1-12(20(27)24-19-14(21)5-3-6-15(19)22)23-13-8-9-16(17(11-13)28-2)25-10-4-7-18(25)26/h3,5-6,8-9,11-12,23H,4,7,10H2,1-2H3,(H,24,27)/t12-/m1/s1. The lowest BCUT2D eigenvalue weighted by molar-refractivity contribution is -0.117. The second-order valence-corrected chi connectivity index (χ2v) is 6.49. The van der Waals surface area contributed by atoms with E-state index in [-0.39, 0.29) is 5.91 Å². The van der Waals surface area contributed by atoms with Crippen LogP contribution in [-0.2, 0) is 9.59 Å². The van der Waals surface area contributed by atoms with Crippen LogP contribution in [0.1, 0.15) is 19.8 Å². The highest BCUT2D eigenvalue weighted by Gasteiger charge is 2.25. The van der Waals surface area contributed by atoms with E-state index in [1.54, 1.807) is 30.0 Å². The van der Waals surface area contributed by atoms with E-state index >= 15 is 0 Å². The van der Waals surface area contributed by atoms with Gasteiger partial charge in [-0.1, -0.05) is 6.07 Å². The highest BCUT2D eigenvalue weighted by molar-refractivity contribution is 5.98. The van der Waals surface area contributed by atoms with E-state index in [2.05, 4.69) is 10.6 Å².